The van der Waals surface area contributed by atoms with Gasteiger partial charge in [0.05, 0.1) is 7.11 Å². The van der Waals surface area contributed by atoms with E-state index < -0.39 is 5.97 Å². The summed E-state index contributed by atoms with van der Waals surface area (Å²) < 4.78 is 12.4. The normalized spacial score (nSPS) is 10.2. The van der Waals surface area contributed by atoms with E-state index >= 15 is 0 Å². The second-order valence-electron chi connectivity index (χ2n) is 3.90. The van der Waals surface area contributed by atoms with Crippen LogP contribution < -0.4 is 9.47 Å². The van der Waals surface area contributed by atoms with Gasteiger partial charge >= 0.3 is 5.97 Å². The summed E-state index contributed by atoms with van der Waals surface area (Å²) in [7, 11) is 3.28. The van der Waals surface area contributed by atoms with E-state index in [1.165, 1.54) is 6.20 Å². The van der Waals surface area contributed by atoms with Gasteiger partial charge in [0.15, 0.2) is 17.2 Å². The first kappa shape index (κ1) is 12.9. The lowest BCUT2D eigenvalue weighted by atomic mass is 10.3. The number of hydrogen-bond donors (Lipinski definition) is 1. The van der Waals surface area contributed by atoms with Gasteiger partial charge in [0.25, 0.3) is 0 Å². The van der Waals surface area contributed by atoms with Crippen molar-refractivity contribution in [1.29, 1.82) is 0 Å². The summed E-state index contributed by atoms with van der Waals surface area (Å²) in [6.45, 7) is 0.171. The van der Waals surface area contributed by atoms with Gasteiger partial charge < -0.3 is 19.1 Å². The molecule has 100 valence electrons. The number of carbonyl (C=O) groups is 1. The maximum Gasteiger partial charge on any atom is 0.356 e. The molecule has 0 unspecified atom stereocenters. The largest absolute Gasteiger partial charge is 0.493 e. The number of carboxylic acids is 1. The number of carboxylic acid groups (broad SMARTS) is 1. The molecular weight excluding hydrogens is 248 g/mol. The van der Waals surface area contributed by atoms with Gasteiger partial charge in [0.2, 0.25) is 0 Å². The van der Waals surface area contributed by atoms with Crippen LogP contribution in [0.15, 0.2) is 30.5 Å². The predicted molar refractivity (Wildman–Crippen MR) is 67.5 cm³/mol. The Kier molecular flexibility index (Phi) is 3.70. The number of hydrogen-bond acceptors (Lipinski definition) is 4. The molecule has 0 fully saturated rings. The topological polar surface area (TPSA) is 73.6 Å². The molecule has 1 aromatic heterocycles. The minimum atomic E-state index is -1.06. The van der Waals surface area contributed by atoms with E-state index in [0.29, 0.717) is 17.3 Å². The zero-order valence-electron chi connectivity index (χ0n) is 10.7. The van der Waals surface area contributed by atoms with Crippen LogP contribution in [0.3, 0.4) is 0 Å². The monoisotopic (exact) mass is 262 g/mol. The summed E-state index contributed by atoms with van der Waals surface area (Å²) in [5.41, 5.74) is 0.00104. The number of aromatic nitrogens is 2. The first-order chi connectivity index (χ1) is 9.11. The highest BCUT2D eigenvalue weighted by Crippen LogP contribution is 2.26. The first-order valence-corrected chi connectivity index (χ1v) is 5.63. The fraction of sp³-hybridized carbons (Fsp3) is 0.231. The van der Waals surface area contributed by atoms with E-state index in [0.717, 1.165) is 0 Å². The summed E-state index contributed by atoms with van der Waals surface area (Å²) in [5.74, 6) is 0.683. The van der Waals surface area contributed by atoms with E-state index in [1.54, 1.807) is 30.9 Å². The molecule has 2 rings (SSSR count). The molecule has 0 bridgehead atoms. The average molecular weight is 262 g/mol. The highest BCUT2D eigenvalue weighted by Gasteiger charge is 2.12. The van der Waals surface area contributed by atoms with Gasteiger partial charge in [-0.3, -0.25) is 0 Å². The van der Waals surface area contributed by atoms with Gasteiger partial charge in [-0.25, -0.2) is 9.78 Å². The molecule has 0 spiro atoms. The summed E-state index contributed by atoms with van der Waals surface area (Å²) in [6, 6.07) is 7.24. The molecule has 0 atom stereocenters. The molecular formula is C13H14N2O4. The average Bonchev–Trinajstić information content (AvgIpc) is 2.78. The molecule has 1 N–H and O–H groups in total. The Hall–Kier alpha value is -2.50. The van der Waals surface area contributed by atoms with Crippen LogP contribution in [0.4, 0.5) is 0 Å². The zero-order valence-corrected chi connectivity index (χ0v) is 10.7. The van der Waals surface area contributed by atoms with E-state index in [1.807, 2.05) is 12.1 Å². The Balaban J connectivity index is 2.12. The van der Waals surface area contributed by atoms with Crippen molar-refractivity contribution >= 4 is 5.97 Å². The van der Waals surface area contributed by atoms with Crippen molar-refractivity contribution in [3.8, 4) is 11.5 Å². The maximum atomic E-state index is 10.8. The molecule has 0 saturated carbocycles. The van der Waals surface area contributed by atoms with Crippen LogP contribution in [0.1, 0.15) is 16.3 Å². The third-order valence-electron chi connectivity index (χ3n) is 2.62. The lowest BCUT2D eigenvalue weighted by Gasteiger charge is -2.09. The van der Waals surface area contributed by atoms with Gasteiger partial charge in [-0.1, -0.05) is 12.1 Å². The first-order valence-electron chi connectivity index (χ1n) is 5.63. The summed E-state index contributed by atoms with van der Waals surface area (Å²) >= 11 is 0. The van der Waals surface area contributed by atoms with Gasteiger partial charge in [-0.2, -0.15) is 0 Å². The van der Waals surface area contributed by atoms with E-state index in [4.69, 9.17) is 14.6 Å². The minimum Gasteiger partial charge on any atom is -0.493 e. The molecule has 0 radical (unpaired) electrons. The summed E-state index contributed by atoms with van der Waals surface area (Å²) in [5, 5.41) is 8.85. The Labute approximate surface area is 110 Å². The highest BCUT2D eigenvalue weighted by molar-refractivity contribution is 5.85. The van der Waals surface area contributed by atoms with Crippen LogP contribution in [0.2, 0.25) is 0 Å². The number of methoxy groups -OCH3 is 1. The standard InChI is InChI=1S/C13H14N2O4/c1-15-7-9(13(16)17)14-12(15)8-19-11-6-4-3-5-10(11)18-2/h3-7H,8H2,1-2H3,(H,16,17). The molecule has 2 aromatic rings. The molecule has 0 saturated heterocycles. The van der Waals surface area contributed by atoms with Crippen molar-refractivity contribution in [2.24, 2.45) is 7.05 Å². The SMILES string of the molecule is COc1ccccc1OCc1nc(C(=O)O)cn1C. The lowest BCUT2D eigenvalue weighted by molar-refractivity contribution is 0.0690. The maximum absolute atomic E-state index is 10.8. The fourth-order valence-corrected chi connectivity index (χ4v) is 1.62. The number of aromatic carboxylic acids is 1. The van der Waals surface area contributed by atoms with Crippen LogP contribution in [0.25, 0.3) is 0 Å². The quantitative estimate of drug-likeness (QED) is 0.887. The minimum absolute atomic E-state index is 0.00104. The van der Waals surface area contributed by atoms with Crippen molar-refractivity contribution in [1.82, 2.24) is 9.55 Å². The van der Waals surface area contributed by atoms with E-state index in [-0.39, 0.29) is 12.3 Å². The number of ether oxygens (including phenoxy) is 2. The number of rotatable bonds is 5. The third kappa shape index (κ3) is 2.85. The molecule has 1 heterocycles. The molecule has 0 aliphatic rings. The fourth-order valence-electron chi connectivity index (χ4n) is 1.62. The molecule has 1 aromatic carbocycles. The number of benzene rings is 1. The number of nitrogens with zero attached hydrogens (tertiary/aromatic N) is 2. The molecule has 0 aliphatic heterocycles. The van der Waals surface area contributed by atoms with Gasteiger partial charge in [0.1, 0.15) is 12.4 Å². The molecule has 6 nitrogen and oxygen atoms in total. The van der Waals surface area contributed by atoms with Crippen LogP contribution in [0.5, 0.6) is 11.5 Å². The zero-order chi connectivity index (χ0) is 13.8. The van der Waals surface area contributed by atoms with Crippen LogP contribution in [-0.2, 0) is 13.7 Å². The number of imidazole rings is 1. The van der Waals surface area contributed by atoms with Crippen molar-refractivity contribution < 1.29 is 19.4 Å². The van der Waals surface area contributed by atoms with Crippen molar-refractivity contribution in [2.75, 3.05) is 7.11 Å². The summed E-state index contributed by atoms with van der Waals surface area (Å²) in [6.07, 6.45) is 1.45. The van der Waals surface area contributed by atoms with Crippen molar-refractivity contribution in [2.45, 2.75) is 6.61 Å². The highest BCUT2D eigenvalue weighted by atomic mass is 16.5. The van der Waals surface area contributed by atoms with Crippen LogP contribution in [0, 0.1) is 0 Å². The Morgan fingerprint density at radius 2 is 2.05 bits per heavy atom. The van der Waals surface area contributed by atoms with E-state index in [2.05, 4.69) is 4.98 Å². The molecule has 0 amide bonds. The lowest BCUT2D eigenvalue weighted by Crippen LogP contribution is -2.04. The Bertz CT molecular complexity index is 592. The predicted octanol–water partition coefficient (Wildman–Crippen LogP) is 1.71. The summed E-state index contributed by atoms with van der Waals surface area (Å²) in [4.78, 5) is 14.8. The molecule has 6 heteroatoms. The second-order valence-corrected chi connectivity index (χ2v) is 3.90. The number of para-hydroxylation sites is 2. The van der Waals surface area contributed by atoms with Gasteiger partial charge in [0, 0.05) is 13.2 Å². The molecule has 0 aliphatic carbocycles. The molecule has 19 heavy (non-hydrogen) atoms. The van der Waals surface area contributed by atoms with Crippen molar-refractivity contribution in [3.63, 3.8) is 0 Å². The number of aryl methyl sites for hydroxylation is 1. The van der Waals surface area contributed by atoms with Gasteiger partial charge in [-0.05, 0) is 12.1 Å². The van der Waals surface area contributed by atoms with Gasteiger partial charge in [-0.15, -0.1) is 0 Å². The Morgan fingerprint density at radius 3 is 2.63 bits per heavy atom. The Morgan fingerprint density at radius 1 is 1.37 bits per heavy atom. The van der Waals surface area contributed by atoms with Crippen LogP contribution in [-0.4, -0.2) is 27.7 Å². The smallest absolute Gasteiger partial charge is 0.356 e. The van der Waals surface area contributed by atoms with Crippen molar-refractivity contribution in [3.05, 3.63) is 42.0 Å². The second kappa shape index (κ2) is 5.43. The third-order valence-corrected chi connectivity index (χ3v) is 2.62. The van der Waals surface area contributed by atoms with Crippen LogP contribution >= 0.6 is 0 Å². The van der Waals surface area contributed by atoms with E-state index in [9.17, 15) is 4.79 Å².